The van der Waals surface area contributed by atoms with E-state index in [1.54, 1.807) is 23.5 Å². The fourth-order valence-electron chi connectivity index (χ4n) is 2.82. The van der Waals surface area contributed by atoms with Gasteiger partial charge in [0, 0.05) is 31.5 Å². The molecule has 2 atom stereocenters. The number of nitrogens with zero attached hydrogens (tertiary/aromatic N) is 4. The van der Waals surface area contributed by atoms with Gasteiger partial charge in [0.25, 0.3) is 5.91 Å². The number of hydrogen-bond donors (Lipinski definition) is 1. The monoisotopic (exact) mass is 304 g/mol. The minimum absolute atomic E-state index is 0.0544. The van der Waals surface area contributed by atoms with Crippen LogP contribution in [0.3, 0.4) is 0 Å². The van der Waals surface area contributed by atoms with Crippen LogP contribution in [0.1, 0.15) is 42.1 Å². The van der Waals surface area contributed by atoms with E-state index < -0.39 is 6.10 Å². The molecule has 0 unspecified atom stereocenters. The van der Waals surface area contributed by atoms with E-state index in [1.165, 1.54) is 0 Å². The number of imidazole rings is 1. The van der Waals surface area contributed by atoms with Gasteiger partial charge in [-0.1, -0.05) is 12.1 Å². The number of amides is 1. The number of hydrogen-bond acceptors (Lipinski definition) is 5. The van der Waals surface area contributed by atoms with Crippen LogP contribution in [0.2, 0.25) is 0 Å². The molecule has 1 N–H and O–H groups in total. The molecular weight excluding hydrogens is 284 g/mol. The summed E-state index contributed by atoms with van der Waals surface area (Å²) in [5.41, 5.74) is 0.773. The third kappa shape index (κ3) is 2.89. The van der Waals surface area contributed by atoms with Crippen LogP contribution in [0.25, 0.3) is 0 Å². The Labute approximate surface area is 128 Å². The molecule has 0 aromatic carbocycles. The van der Waals surface area contributed by atoms with Gasteiger partial charge in [-0.25, -0.2) is 4.98 Å². The molecule has 1 aliphatic heterocycles. The van der Waals surface area contributed by atoms with Gasteiger partial charge in [0.1, 0.15) is 0 Å². The van der Waals surface area contributed by atoms with Crippen molar-refractivity contribution < 1.29 is 14.4 Å². The van der Waals surface area contributed by atoms with Crippen molar-refractivity contribution in [1.29, 1.82) is 0 Å². The third-order valence-electron chi connectivity index (χ3n) is 4.16. The van der Waals surface area contributed by atoms with Gasteiger partial charge in [-0.3, -0.25) is 4.79 Å². The zero-order valence-corrected chi connectivity index (χ0v) is 12.6. The van der Waals surface area contributed by atoms with E-state index in [4.69, 9.17) is 4.52 Å². The number of carbonyl (C=O) groups is 1. The molecule has 1 saturated heterocycles. The predicted molar refractivity (Wildman–Crippen MR) is 78.3 cm³/mol. The highest BCUT2D eigenvalue weighted by atomic mass is 16.5. The van der Waals surface area contributed by atoms with Crippen LogP contribution in [-0.4, -0.2) is 49.8 Å². The van der Waals surface area contributed by atoms with Crippen molar-refractivity contribution >= 4 is 5.91 Å². The molecule has 1 fully saturated rings. The van der Waals surface area contributed by atoms with Crippen LogP contribution in [-0.2, 0) is 6.42 Å². The normalized spacial score (nSPS) is 22.5. The first kappa shape index (κ1) is 14.8. The van der Waals surface area contributed by atoms with Crippen molar-refractivity contribution in [3.63, 3.8) is 0 Å². The van der Waals surface area contributed by atoms with E-state index in [2.05, 4.69) is 10.1 Å². The summed E-state index contributed by atoms with van der Waals surface area (Å²) in [6, 6.07) is 1.64. The van der Waals surface area contributed by atoms with E-state index in [0.717, 1.165) is 12.1 Å². The van der Waals surface area contributed by atoms with Crippen molar-refractivity contribution in [3.8, 4) is 0 Å². The first-order valence-corrected chi connectivity index (χ1v) is 7.59. The average molecular weight is 304 g/mol. The van der Waals surface area contributed by atoms with E-state index >= 15 is 0 Å². The highest BCUT2D eigenvalue weighted by Gasteiger charge is 2.29. The second-order valence-electron chi connectivity index (χ2n) is 5.55. The molecule has 0 radical (unpaired) electrons. The molecule has 3 rings (SSSR count). The van der Waals surface area contributed by atoms with E-state index in [0.29, 0.717) is 25.9 Å². The molecule has 0 spiro atoms. The van der Waals surface area contributed by atoms with Gasteiger partial charge in [0.15, 0.2) is 0 Å². The summed E-state index contributed by atoms with van der Waals surface area (Å²) in [6.45, 7) is 3.04. The molecule has 2 aromatic rings. The SMILES string of the molecule is CCc1cc(C(=O)N2CC[C@H](O)[C@@H](n3ccnc3)CC2)on1. The van der Waals surface area contributed by atoms with Crippen LogP contribution in [0.5, 0.6) is 0 Å². The summed E-state index contributed by atoms with van der Waals surface area (Å²) >= 11 is 0. The highest BCUT2D eigenvalue weighted by Crippen LogP contribution is 2.24. The molecule has 0 aliphatic carbocycles. The second kappa shape index (κ2) is 6.31. The van der Waals surface area contributed by atoms with Crippen LogP contribution >= 0.6 is 0 Å². The topological polar surface area (TPSA) is 84.4 Å². The van der Waals surface area contributed by atoms with Gasteiger partial charge < -0.3 is 19.1 Å². The molecule has 3 heterocycles. The lowest BCUT2D eigenvalue weighted by molar-refractivity contribution is 0.0710. The molecule has 7 heteroatoms. The Morgan fingerprint density at radius 1 is 1.45 bits per heavy atom. The van der Waals surface area contributed by atoms with E-state index in [1.807, 2.05) is 17.7 Å². The molecule has 7 nitrogen and oxygen atoms in total. The van der Waals surface area contributed by atoms with E-state index in [-0.39, 0.29) is 17.7 Å². The Kier molecular flexibility index (Phi) is 4.24. The number of rotatable bonds is 3. The van der Waals surface area contributed by atoms with Crippen LogP contribution in [0.15, 0.2) is 29.3 Å². The Balaban J connectivity index is 1.70. The number of aromatic nitrogens is 3. The maximum atomic E-state index is 12.5. The predicted octanol–water partition coefficient (Wildman–Crippen LogP) is 1.27. The summed E-state index contributed by atoms with van der Waals surface area (Å²) in [7, 11) is 0. The van der Waals surface area contributed by atoms with Crippen molar-refractivity contribution in [2.75, 3.05) is 13.1 Å². The van der Waals surface area contributed by atoms with Crippen LogP contribution in [0, 0.1) is 0 Å². The lowest BCUT2D eigenvalue weighted by Gasteiger charge is -2.21. The Hall–Kier alpha value is -2.15. The Bertz CT molecular complexity index is 623. The number of likely N-dealkylation sites (tertiary alicyclic amines) is 1. The summed E-state index contributed by atoms with van der Waals surface area (Å²) in [6.07, 6.45) is 6.69. The van der Waals surface area contributed by atoms with Gasteiger partial charge in [0.2, 0.25) is 5.76 Å². The number of aliphatic hydroxyl groups excluding tert-OH is 1. The minimum atomic E-state index is -0.493. The molecule has 1 amide bonds. The van der Waals surface area contributed by atoms with Gasteiger partial charge in [-0.15, -0.1) is 0 Å². The molecule has 22 heavy (non-hydrogen) atoms. The smallest absolute Gasteiger partial charge is 0.292 e. The summed E-state index contributed by atoms with van der Waals surface area (Å²) in [4.78, 5) is 18.2. The summed E-state index contributed by atoms with van der Waals surface area (Å²) < 4.78 is 7.02. The van der Waals surface area contributed by atoms with Crippen molar-refractivity contribution in [3.05, 3.63) is 36.2 Å². The first-order chi connectivity index (χ1) is 10.7. The summed E-state index contributed by atoms with van der Waals surface area (Å²) in [5.74, 6) is 0.109. The molecule has 118 valence electrons. The minimum Gasteiger partial charge on any atom is -0.391 e. The van der Waals surface area contributed by atoms with Gasteiger partial charge >= 0.3 is 0 Å². The first-order valence-electron chi connectivity index (χ1n) is 7.59. The van der Waals surface area contributed by atoms with Crippen molar-refractivity contribution in [1.82, 2.24) is 19.6 Å². The van der Waals surface area contributed by atoms with Gasteiger partial charge in [-0.05, 0) is 19.3 Å². The molecule has 1 aliphatic rings. The fraction of sp³-hybridized carbons (Fsp3) is 0.533. The largest absolute Gasteiger partial charge is 0.391 e. The zero-order valence-electron chi connectivity index (χ0n) is 12.6. The highest BCUT2D eigenvalue weighted by molar-refractivity contribution is 5.91. The quantitative estimate of drug-likeness (QED) is 0.923. The Morgan fingerprint density at radius 2 is 2.27 bits per heavy atom. The van der Waals surface area contributed by atoms with Crippen LogP contribution in [0.4, 0.5) is 0 Å². The van der Waals surface area contributed by atoms with E-state index in [9.17, 15) is 9.90 Å². The number of aryl methyl sites for hydroxylation is 1. The standard InChI is InChI=1S/C15H20N4O3/c1-2-11-9-14(22-17-11)15(21)18-6-3-12(13(20)4-7-18)19-8-5-16-10-19/h5,8-10,12-13,20H,2-4,6-7H2,1H3/t12-,13-/m0/s1. The molecule has 2 aromatic heterocycles. The van der Waals surface area contributed by atoms with Crippen molar-refractivity contribution in [2.45, 2.75) is 38.3 Å². The molecule has 0 bridgehead atoms. The fourth-order valence-corrected chi connectivity index (χ4v) is 2.82. The van der Waals surface area contributed by atoms with Gasteiger partial charge in [0.05, 0.1) is 24.2 Å². The van der Waals surface area contributed by atoms with Gasteiger partial charge in [-0.2, -0.15) is 0 Å². The molecular formula is C15H20N4O3. The molecule has 0 saturated carbocycles. The summed E-state index contributed by atoms with van der Waals surface area (Å²) in [5, 5.41) is 14.2. The lowest BCUT2D eigenvalue weighted by Crippen LogP contribution is -2.32. The maximum absolute atomic E-state index is 12.5. The number of aliphatic hydroxyl groups is 1. The lowest BCUT2D eigenvalue weighted by atomic mass is 10.1. The maximum Gasteiger partial charge on any atom is 0.292 e. The third-order valence-corrected chi connectivity index (χ3v) is 4.16. The zero-order chi connectivity index (χ0) is 15.5. The van der Waals surface area contributed by atoms with Crippen LogP contribution < -0.4 is 0 Å². The van der Waals surface area contributed by atoms with Crippen molar-refractivity contribution in [2.24, 2.45) is 0 Å². The Morgan fingerprint density at radius 3 is 2.95 bits per heavy atom. The average Bonchev–Trinajstić information content (AvgIpc) is 3.18. The number of carbonyl (C=O) groups excluding carboxylic acids is 1. The second-order valence-corrected chi connectivity index (χ2v) is 5.55.